The number of aromatic nitrogens is 5. The second-order valence-electron chi connectivity index (χ2n) is 9.53. The summed E-state index contributed by atoms with van der Waals surface area (Å²) < 4.78 is 27.9. The molecule has 0 unspecified atom stereocenters. The predicted molar refractivity (Wildman–Crippen MR) is 143 cm³/mol. The van der Waals surface area contributed by atoms with Crippen molar-refractivity contribution >= 4 is 16.9 Å². The summed E-state index contributed by atoms with van der Waals surface area (Å²) in [5.74, 6) is 7.14. The molecule has 3 aromatic heterocycles. The van der Waals surface area contributed by atoms with Crippen LogP contribution in [0.25, 0.3) is 16.7 Å². The van der Waals surface area contributed by atoms with Crippen molar-refractivity contribution in [3.63, 3.8) is 0 Å². The van der Waals surface area contributed by atoms with Gasteiger partial charge in [0.2, 0.25) is 5.82 Å². The van der Waals surface area contributed by atoms with E-state index in [9.17, 15) is 9.50 Å². The molecule has 0 radical (unpaired) electrons. The highest BCUT2D eigenvalue weighted by Gasteiger charge is 2.32. The lowest BCUT2D eigenvalue weighted by Crippen LogP contribution is -2.26. The van der Waals surface area contributed by atoms with Gasteiger partial charge >= 0.3 is 0 Å². The van der Waals surface area contributed by atoms with Gasteiger partial charge in [-0.05, 0) is 49.9 Å². The molecule has 5 aromatic rings. The monoisotopic (exact) mass is 540 g/mol. The SMILES string of the molecule is Cc1ncc(COc2cc(F)cc(Oc3ccc(-n4cc(C5CC(O)C5)c5ncnc(N=NN)c54)cc3)c2)cn1. The van der Waals surface area contributed by atoms with Gasteiger partial charge in [-0.1, -0.05) is 5.22 Å². The van der Waals surface area contributed by atoms with Gasteiger partial charge in [0, 0.05) is 53.6 Å². The van der Waals surface area contributed by atoms with E-state index in [0.29, 0.717) is 47.2 Å². The molecule has 3 heterocycles. The molecule has 11 nitrogen and oxygen atoms in total. The van der Waals surface area contributed by atoms with Gasteiger partial charge < -0.3 is 25.0 Å². The van der Waals surface area contributed by atoms with Gasteiger partial charge in [0.05, 0.1) is 11.6 Å². The zero-order valence-corrected chi connectivity index (χ0v) is 21.5. The molecule has 0 atom stereocenters. The number of nitrogens with zero attached hydrogens (tertiary/aromatic N) is 7. The van der Waals surface area contributed by atoms with E-state index >= 15 is 0 Å². The van der Waals surface area contributed by atoms with Crippen LogP contribution in [0.5, 0.6) is 17.2 Å². The third-order valence-electron chi connectivity index (χ3n) is 6.73. The van der Waals surface area contributed by atoms with Crippen molar-refractivity contribution in [2.24, 2.45) is 16.2 Å². The minimum atomic E-state index is -0.488. The molecule has 12 heteroatoms. The largest absolute Gasteiger partial charge is 0.489 e. The molecule has 0 bridgehead atoms. The van der Waals surface area contributed by atoms with Crippen molar-refractivity contribution in [2.45, 2.75) is 38.4 Å². The molecule has 202 valence electrons. The zero-order chi connectivity index (χ0) is 27.6. The van der Waals surface area contributed by atoms with Crippen LogP contribution in [0.2, 0.25) is 0 Å². The lowest BCUT2D eigenvalue weighted by atomic mass is 9.78. The number of hydrogen-bond acceptors (Lipinski definition) is 9. The topological polar surface area (TPSA) is 146 Å². The second-order valence-corrected chi connectivity index (χ2v) is 9.53. The molecule has 0 spiro atoms. The molecule has 3 N–H and O–H groups in total. The number of ether oxygens (including phenoxy) is 2. The summed E-state index contributed by atoms with van der Waals surface area (Å²) in [4.78, 5) is 17.0. The fourth-order valence-corrected chi connectivity index (χ4v) is 4.69. The van der Waals surface area contributed by atoms with E-state index in [1.165, 1.54) is 18.5 Å². The Hall–Kier alpha value is -4.97. The Labute approximate surface area is 228 Å². The second kappa shape index (κ2) is 10.7. The number of aliphatic hydroxyl groups is 1. The number of nitrogens with two attached hydrogens (primary N) is 1. The van der Waals surface area contributed by atoms with E-state index in [4.69, 9.17) is 15.3 Å². The fourth-order valence-electron chi connectivity index (χ4n) is 4.69. The van der Waals surface area contributed by atoms with Crippen LogP contribution in [0.15, 0.2) is 77.7 Å². The smallest absolute Gasteiger partial charge is 0.204 e. The van der Waals surface area contributed by atoms with Gasteiger partial charge in [-0.2, -0.15) is 0 Å². The first-order chi connectivity index (χ1) is 19.5. The molecule has 1 aliphatic carbocycles. The molecule has 0 amide bonds. The summed E-state index contributed by atoms with van der Waals surface area (Å²) in [5, 5.41) is 17.2. The van der Waals surface area contributed by atoms with Gasteiger partial charge in [0.15, 0.2) is 0 Å². The first-order valence-electron chi connectivity index (χ1n) is 12.6. The minimum Gasteiger partial charge on any atom is -0.489 e. The Kier molecular flexibility index (Phi) is 6.74. The summed E-state index contributed by atoms with van der Waals surface area (Å²) in [6.07, 6.45) is 7.77. The lowest BCUT2D eigenvalue weighted by molar-refractivity contribution is 0.0750. The van der Waals surface area contributed by atoms with Crippen molar-refractivity contribution < 1.29 is 19.0 Å². The Morgan fingerprint density at radius 3 is 2.50 bits per heavy atom. The first kappa shape index (κ1) is 25.3. The van der Waals surface area contributed by atoms with E-state index in [1.54, 1.807) is 37.5 Å². The van der Waals surface area contributed by atoms with E-state index in [-0.39, 0.29) is 18.6 Å². The normalized spacial score (nSPS) is 16.8. The van der Waals surface area contributed by atoms with Crippen molar-refractivity contribution in [1.82, 2.24) is 24.5 Å². The van der Waals surface area contributed by atoms with Crippen LogP contribution in [0.1, 0.15) is 35.7 Å². The highest BCUT2D eigenvalue weighted by atomic mass is 19.1. The quantitative estimate of drug-likeness (QED) is 0.155. The van der Waals surface area contributed by atoms with E-state index in [1.807, 2.05) is 22.9 Å². The fraction of sp³-hybridized carbons (Fsp3) is 0.214. The molecule has 2 aromatic carbocycles. The van der Waals surface area contributed by atoms with Crippen LogP contribution >= 0.6 is 0 Å². The molecule has 0 saturated heterocycles. The summed E-state index contributed by atoms with van der Waals surface area (Å²) in [6.45, 7) is 1.99. The number of hydrogen-bond donors (Lipinski definition) is 2. The number of aryl methyl sites for hydroxylation is 1. The maximum Gasteiger partial charge on any atom is 0.204 e. The summed E-state index contributed by atoms with van der Waals surface area (Å²) >= 11 is 0. The predicted octanol–water partition coefficient (Wildman–Crippen LogP) is 5.23. The van der Waals surface area contributed by atoms with Crippen molar-refractivity contribution in [1.29, 1.82) is 0 Å². The van der Waals surface area contributed by atoms with Gasteiger partial charge in [0.1, 0.15) is 47.3 Å². The van der Waals surface area contributed by atoms with Gasteiger partial charge in [-0.3, -0.25) is 0 Å². The van der Waals surface area contributed by atoms with Crippen LogP contribution in [0.3, 0.4) is 0 Å². The Bertz CT molecular complexity index is 1680. The molecule has 1 fully saturated rings. The number of benzene rings is 2. The molecular weight excluding hydrogens is 515 g/mol. The average Bonchev–Trinajstić information content (AvgIpc) is 3.31. The van der Waals surface area contributed by atoms with Gasteiger partial charge in [0.25, 0.3) is 0 Å². The zero-order valence-electron chi connectivity index (χ0n) is 21.5. The summed E-state index contributed by atoms with van der Waals surface area (Å²) in [5.41, 5.74) is 3.96. The van der Waals surface area contributed by atoms with Crippen LogP contribution in [-0.2, 0) is 6.61 Å². The maximum atomic E-state index is 14.3. The molecule has 40 heavy (non-hydrogen) atoms. The number of halogens is 1. The van der Waals surface area contributed by atoms with E-state index in [0.717, 1.165) is 22.3 Å². The van der Waals surface area contributed by atoms with Crippen LogP contribution in [0, 0.1) is 12.7 Å². The highest BCUT2D eigenvalue weighted by molar-refractivity contribution is 5.89. The van der Waals surface area contributed by atoms with Gasteiger partial charge in [-0.25, -0.2) is 24.3 Å². The van der Waals surface area contributed by atoms with E-state index < -0.39 is 5.82 Å². The van der Waals surface area contributed by atoms with Crippen molar-refractivity contribution in [3.05, 3.63) is 90.2 Å². The van der Waals surface area contributed by atoms with Crippen LogP contribution in [-0.4, -0.2) is 35.7 Å². The van der Waals surface area contributed by atoms with Crippen LogP contribution < -0.4 is 15.3 Å². The first-order valence-corrected chi connectivity index (χ1v) is 12.6. The third kappa shape index (κ3) is 5.16. The van der Waals surface area contributed by atoms with Gasteiger partial charge in [-0.15, -0.1) is 5.11 Å². The van der Waals surface area contributed by atoms with Crippen LogP contribution in [0.4, 0.5) is 10.2 Å². The van der Waals surface area contributed by atoms with Crippen molar-refractivity contribution in [2.75, 3.05) is 0 Å². The molecule has 1 saturated carbocycles. The Morgan fingerprint density at radius 2 is 1.77 bits per heavy atom. The highest BCUT2D eigenvalue weighted by Crippen LogP contribution is 2.42. The standard InChI is InChI=1S/C28H25FN8O3/c1-16-31-11-17(12-32-16)14-39-23-8-19(29)9-24(10-23)40-22-4-2-20(3-5-22)37-13-25(18-6-21(38)7-18)26-27(37)28(35-36-30)34-15-33-26/h2-5,8-13,15,18,21,38H,6-7,14H2,1H3,(H2,30,33,34,35). The minimum absolute atomic E-state index is 0.182. The number of fused-ring (bicyclic) bond motifs is 1. The average molecular weight is 541 g/mol. The Morgan fingerprint density at radius 1 is 1.02 bits per heavy atom. The molecule has 6 rings (SSSR count). The Balaban J connectivity index is 1.24. The summed E-state index contributed by atoms with van der Waals surface area (Å²) in [6, 6.07) is 11.5. The van der Waals surface area contributed by atoms with E-state index in [2.05, 4.69) is 30.3 Å². The lowest BCUT2D eigenvalue weighted by Gasteiger charge is -2.30. The molecular formula is C28H25FN8O3. The summed E-state index contributed by atoms with van der Waals surface area (Å²) in [7, 11) is 0. The maximum absolute atomic E-state index is 14.3. The number of aliphatic hydroxyl groups excluding tert-OH is 1. The third-order valence-corrected chi connectivity index (χ3v) is 6.73. The molecule has 0 aliphatic heterocycles. The number of rotatable bonds is 8. The van der Waals surface area contributed by atoms with Crippen molar-refractivity contribution in [3.8, 4) is 22.9 Å². The molecule has 1 aliphatic rings.